The van der Waals surface area contributed by atoms with E-state index < -0.39 is 59.7 Å². The summed E-state index contributed by atoms with van der Waals surface area (Å²) in [4.78, 5) is 17.8. The molecule has 6 heterocycles. The SMILES string of the molecule is Nc1nc2c(-c3ccc(S(=O)(=O)N4CC(N)C4)c(S(N)(=O)=O)c3C3=NCN=N3)cccc2s1.Nc1nc2c(-c3ccc(S(=O)(=O)N4CCNCC4)c(S(N)(=O)=O)c3C3=NCN=N3)cccc2[nH]1. The molecule has 0 unspecified atom stereocenters. The van der Waals surface area contributed by atoms with Crippen LogP contribution in [-0.4, -0.2) is 128 Å². The molecule has 0 saturated carbocycles. The van der Waals surface area contributed by atoms with E-state index in [0.717, 1.165) is 9.01 Å². The van der Waals surface area contributed by atoms with Crippen molar-refractivity contribution in [2.75, 3.05) is 64.1 Å². The Morgan fingerprint density at radius 1 is 0.627 bits per heavy atom. The lowest BCUT2D eigenvalue weighted by atomic mass is 9.97. The first kappa shape index (κ1) is 46.1. The largest absolute Gasteiger partial charge is 0.375 e. The number of nitrogens with one attached hydrogen (secondary N) is 2. The van der Waals surface area contributed by atoms with Crippen LogP contribution in [0.4, 0.5) is 11.1 Å². The highest BCUT2D eigenvalue weighted by Crippen LogP contribution is 2.41. The predicted molar refractivity (Wildman–Crippen MR) is 249 cm³/mol. The van der Waals surface area contributed by atoms with Crippen molar-refractivity contribution in [3.8, 4) is 22.3 Å². The topological polar surface area (TPSA) is 401 Å². The van der Waals surface area contributed by atoms with Crippen LogP contribution >= 0.6 is 11.3 Å². The Balaban J connectivity index is 0.000000168. The highest BCUT2D eigenvalue weighted by atomic mass is 32.2. The smallest absolute Gasteiger partial charge is 0.244 e. The molecule has 6 aromatic rings. The minimum atomic E-state index is -4.56. The second-order valence-corrected chi connectivity index (χ2v) is 23.1. The van der Waals surface area contributed by atoms with Crippen molar-refractivity contribution >= 4 is 95.4 Å². The minimum Gasteiger partial charge on any atom is -0.375 e. The number of fused-ring (bicyclic) bond motifs is 2. The highest BCUT2D eigenvalue weighted by Gasteiger charge is 2.41. The number of amidine groups is 2. The second kappa shape index (κ2) is 17.2. The lowest BCUT2D eigenvalue weighted by Gasteiger charge is -2.36. The van der Waals surface area contributed by atoms with Gasteiger partial charge in [0, 0.05) is 56.4 Å². The molecule has 12 N–H and O–H groups in total. The van der Waals surface area contributed by atoms with Crippen LogP contribution in [-0.2, 0) is 40.1 Å². The third-order valence-electron chi connectivity index (χ3n) is 10.9. The number of imidazole rings is 1. The molecular formula is C37H39N17O8S5. The maximum Gasteiger partial charge on any atom is 0.244 e. The number of sulfonamides is 4. The summed E-state index contributed by atoms with van der Waals surface area (Å²) in [6.45, 7) is 1.36. The number of aliphatic imine (C=N–C) groups is 2. The lowest BCUT2D eigenvalue weighted by Crippen LogP contribution is -2.57. The number of benzene rings is 4. The van der Waals surface area contributed by atoms with Crippen molar-refractivity contribution in [3.05, 3.63) is 71.8 Å². The number of hydrogen-bond donors (Lipinski definition) is 7. The van der Waals surface area contributed by atoms with Gasteiger partial charge in [-0.2, -0.15) is 18.8 Å². The summed E-state index contributed by atoms with van der Waals surface area (Å²) in [5.74, 6) is 0.106. The van der Waals surface area contributed by atoms with Crippen LogP contribution in [0.3, 0.4) is 0 Å². The van der Waals surface area contributed by atoms with Crippen LogP contribution in [0.25, 0.3) is 43.5 Å². The van der Waals surface area contributed by atoms with E-state index in [1.165, 1.54) is 39.9 Å². The number of nitrogens with two attached hydrogens (primary N) is 5. The molecule has 2 aromatic heterocycles. The van der Waals surface area contributed by atoms with Crippen molar-refractivity contribution in [2.24, 2.45) is 46.5 Å². The average Bonchev–Trinajstić information content (AvgIpc) is 4.12. The molecule has 4 aliphatic heterocycles. The third kappa shape index (κ3) is 8.49. The van der Waals surface area contributed by atoms with Gasteiger partial charge in [-0.3, -0.25) is 0 Å². The van der Waals surface area contributed by atoms with Crippen LogP contribution in [0.2, 0.25) is 0 Å². The molecule has 0 aliphatic carbocycles. The van der Waals surface area contributed by atoms with Gasteiger partial charge in [-0.15, -0.1) is 10.2 Å². The number of azo groups is 2. The van der Waals surface area contributed by atoms with Gasteiger partial charge in [0.2, 0.25) is 40.1 Å². The number of anilines is 2. The van der Waals surface area contributed by atoms with E-state index in [-0.39, 0.29) is 74.3 Å². The van der Waals surface area contributed by atoms with Gasteiger partial charge in [0.1, 0.15) is 19.6 Å². The van der Waals surface area contributed by atoms with Crippen molar-refractivity contribution in [1.82, 2.24) is 28.9 Å². The van der Waals surface area contributed by atoms with Gasteiger partial charge in [0.25, 0.3) is 0 Å². The number of H-pyrrole nitrogens is 1. The van der Waals surface area contributed by atoms with Crippen molar-refractivity contribution in [1.29, 1.82) is 0 Å². The van der Waals surface area contributed by atoms with E-state index in [0.29, 0.717) is 57.0 Å². The molecule has 0 radical (unpaired) electrons. The zero-order valence-corrected chi connectivity index (χ0v) is 38.8. The summed E-state index contributed by atoms with van der Waals surface area (Å²) in [5, 5.41) is 30.2. The second-order valence-electron chi connectivity index (χ2n) is 15.2. The molecule has 2 fully saturated rings. The van der Waals surface area contributed by atoms with Gasteiger partial charge >= 0.3 is 0 Å². The first-order valence-corrected chi connectivity index (χ1v) is 26.6. The van der Waals surface area contributed by atoms with Gasteiger partial charge in [-0.05, 0) is 35.4 Å². The Hall–Kier alpha value is -6.06. The number of nitrogens with zero attached hydrogens (tertiary/aromatic N) is 10. The fraction of sp³-hybridized carbons (Fsp3) is 0.243. The van der Waals surface area contributed by atoms with Crippen LogP contribution in [0.5, 0.6) is 0 Å². The average molecular weight is 1010 g/mol. The number of rotatable bonds is 10. The molecule has 0 amide bonds. The van der Waals surface area contributed by atoms with Gasteiger partial charge in [0.15, 0.2) is 36.1 Å². The molecule has 0 atom stereocenters. The zero-order valence-electron chi connectivity index (χ0n) is 34.7. The molecule has 4 aliphatic rings. The van der Waals surface area contributed by atoms with Crippen LogP contribution in [0.1, 0.15) is 11.1 Å². The first-order chi connectivity index (χ1) is 31.7. The summed E-state index contributed by atoms with van der Waals surface area (Å²) in [5.41, 5.74) is 20.7. The fourth-order valence-corrected chi connectivity index (χ4v) is 14.9. The molecule has 0 bridgehead atoms. The number of primary sulfonamides is 2. The summed E-state index contributed by atoms with van der Waals surface area (Å²) in [6, 6.07) is 15.7. The summed E-state index contributed by atoms with van der Waals surface area (Å²) < 4.78 is 108. The molecule has 350 valence electrons. The number of thiazole rings is 1. The third-order valence-corrected chi connectivity index (χ3v) is 17.8. The van der Waals surface area contributed by atoms with Crippen LogP contribution < -0.4 is 32.8 Å². The van der Waals surface area contributed by atoms with E-state index in [2.05, 4.69) is 50.7 Å². The molecule has 67 heavy (non-hydrogen) atoms. The molecule has 2 saturated heterocycles. The Kier molecular flexibility index (Phi) is 11.8. The van der Waals surface area contributed by atoms with E-state index in [9.17, 15) is 33.7 Å². The minimum absolute atomic E-state index is 0.0207. The quantitative estimate of drug-likeness (QED) is 0.100. The number of para-hydroxylation sites is 2. The van der Waals surface area contributed by atoms with Crippen LogP contribution in [0.15, 0.2) is 111 Å². The highest BCUT2D eigenvalue weighted by molar-refractivity contribution is 7.93. The van der Waals surface area contributed by atoms with E-state index >= 15 is 0 Å². The Morgan fingerprint density at radius 2 is 1.15 bits per heavy atom. The number of aromatic nitrogens is 3. The molecule has 10 rings (SSSR count). The zero-order chi connectivity index (χ0) is 47.6. The van der Waals surface area contributed by atoms with Crippen LogP contribution in [0, 0.1) is 0 Å². The Labute approximate surface area is 386 Å². The normalized spacial score (nSPS) is 17.4. The Bertz CT molecular complexity index is 3620. The van der Waals surface area contributed by atoms with E-state index in [1.807, 2.05) is 6.07 Å². The maximum absolute atomic E-state index is 13.5. The fourth-order valence-electron chi connectivity index (χ4n) is 7.99. The summed E-state index contributed by atoms with van der Waals surface area (Å²) >= 11 is 1.27. The van der Waals surface area contributed by atoms with Gasteiger partial charge in [-0.25, -0.2) is 63.9 Å². The molecule has 30 heteroatoms. The lowest BCUT2D eigenvalue weighted by molar-refractivity contribution is 0.265. The number of hydrogen-bond acceptors (Lipinski definition) is 21. The molecule has 0 spiro atoms. The van der Waals surface area contributed by atoms with E-state index in [4.69, 9.17) is 27.5 Å². The molecular weight excluding hydrogens is 971 g/mol. The van der Waals surface area contributed by atoms with Crippen molar-refractivity contribution in [2.45, 2.75) is 25.6 Å². The molecule has 4 aromatic carbocycles. The Morgan fingerprint density at radius 3 is 1.66 bits per heavy atom. The standard InChI is InChI=1S/C19H21N9O4S2.C18H18N8O4S3/c20-19-25-13-3-1-2-12(16(13)26-19)11-4-5-14(34(31,32)28-8-6-22-7-9-28)17(33(21,29)30)15(11)18-23-10-24-27-18;19-9-6-26(7-9)33(29,30)13-5-4-10(11-2-1-3-12-15(11)24-18(20)31-12)14(16(13)32(21,27)28)17-22-8-23-25-17/h1-5,22H,6-10H2,(H3,20,25,26)(H2,21,29,30);1-5,9H,6-8,19H2,(H2,20,24)(H2,21,27,28). The van der Waals surface area contributed by atoms with E-state index in [1.54, 1.807) is 30.3 Å². The van der Waals surface area contributed by atoms with Gasteiger partial charge in [0.05, 0.1) is 32.4 Å². The number of aromatic amines is 1. The number of piperazine rings is 1. The van der Waals surface area contributed by atoms with Crippen molar-refractivity contribution in [3.63, 3.8) is 0 Å². The monoisotopic (exact) mass is 1010 g/mol. The van der Waals surface area contributed by atoms with Crippen molar-refractivity contribution < 1.29 is 33.7 Å². The summed E-state index contributed by atoms with van der Waals surface area (Å²) in [6.07, 6.45) is 0. The molecule has 25 nitrogen and oxygen atoms in total. The number of nitrogen functional groups attached to an aromatic ring is 2. The summed E-state index contributed by atoms with van der Waals surface area (Å²) in [7, 11) is -17.5. The van der Waals surface area contributed by atoms with Gasteiger partial charge < -0.3 is 27.5 Å². The maximum atomic E-state index is 13.5. The first-order valence-electron chi connectivity index (χ1n) is 19.9. The van der Waals surface area contributed by atoms with Gasteiger partial charge in [-0.1, -0.05) is 47.7 Å². The predicted octanol–water partition coefficient (Wildman–Crippen LogP) is 0.918.